The van der Waals surface area contributed by atoms with Crippen LogP contribution >= 0.6 is 0 Å². The Morgan fingerprint density at radius 3 is 2.76 bits per heavy atom. The van der Waals surface area contributed by atoms with Crippen molar-refractivity contribution in [3.63, 3.8) is 0 Å². The van der Waals surface area contributed by atoms with Crippen LogP contribution in [0.3, 0.4) is 0 Å². The summed E-state index contributed by atoms with van der Waals surface area (Å²) in [6.07, 6.45) is 2.16. The SMILES string of the molecule is Cn1cccc(S(=O)(=O)N2CCC(N)C2)c1=O. The minimum atomic E-state index is -3.70. The Kier molecular flexibility index (Phi) is 3.07. The summed E-state index contributed by atoms with van der Waals surface area (Å²) in [6.45, 7) is 0.655. The van der Waals surface area contributed by atoms with Crippen molar-refractivity contribution in [3.8, 4) is 0 Å². The number of hydrogen-bond donors (Lipinski definition) is 1. The van der Waals surface area contributed by atoms with Gasteiger partial charge in [0.25, 0.3) is 5.56 Å². The van der Waals surface area contributed by atoms with Crippen LogP contribution in [0.2, 0.25) is 0 Å². The highest BCUT2D eigenvalue weighted by atomic mass is 32.2. The van der Waals surface area contributed by atoms with Crippen LogP contribution in [0.1, 0.15) is 6.42 Å². The smallest absolute Gasteiger partial charge is 0.270 e. The maximum absolute atomic E-state index is 12.2. The van der Waals surface area contributed by atoms with E-state index in [1.54, 1.807) is 6.07 Å². The molecule has 7 heteroatoms. The largest absolute Gasteiger partial charge is 0.326 e. The van der Waals surface area contributed by atoms with Crippen LogP contribution in [0.15, 0.2) is 28.0 Å². The first-order valence-corrected chi connectivity index (χ1v) is 6.78. The molecule has 0 amide bonds. The van der Waals surface area contributed by atoms with E-state index in [2.05, 4.69) is 0 Å². The van der Waals surface area contributed by atoms with E-state index in [-0.39, 0.29) is 17.5 Å². The monoisotopic (exact) mass is 257 g/mol. The summed E-state index contributed by atoms with van der Waals surface area (Å²) in [5.41, 5.74) is 5.17. The summed E-state index contributed by atoms with van der Waals surface area (Å²) in [6, 6.07) is 2.74. The van der Waals surface area contributed by atoms with E-state index >= 15 is 0 Å². The molecule has 2 N–H and O–H groups in total. The first-order chi connectivity index (χ1) is 7.93. The van der Waals surface area contributed by atoms with Crippen LogP contribution in [-0.2, 0) is 17.1 Å². The fraction of sp³-hybridized carbons (Fsp3) is 0.500. The van der Waals surface area contributed by atoms with Gasteiger partial charge in [0, 0.05) is 32.4 Å². The first kappa shape index (κ1) is 12.3. The molecule has 0 aliphatic carbocycles. The lowest BCUT2D eigenvalue weighted by atomic mass is 10.3. The predicted molar refractivity (Wildman–Crippen MR) is 63.0 cm³/mol. The molecule has 1 aromatic heterocycles. The van der Waals surface area contributed by atoms with Gasteiger partial charge in [-0.2, -0.15) is 4.31 Å². The van der Waals surface area contributed by atoms with Gasteiger partial charge in [-0.05, 0) is 18.6 Å². The van der Waals surface area contributed by atoms with E-state index in [1.807, 2.05) is 0 Å². The second kappa shape index (κ2) is 4.25. The zero-order valence-corrected chi connectivity index (χ0v) is 10.4. The summed E-state index contributed by atoms with van der Waals surface area (Å²) in [4.78, 5) is 11.6. The Labute approximate surface area is 99.7 Å². The number of rotatable bonds is 2. The highest BCUT2D eigenvalue weighted by molar-refractivity contribution is 7.89. The van der Waals surface area contributed by atoms with Gasteiger partial charge in [-0.15, -0.1) is 0 Å². The fourth-order valence-electron chi connectivity index (χ4n) is 1.88. The van der Waals surface area contributed by atoms with Gasteiger partial charge in [0.2, 0.25) is 10.0 Å². The number of aromatic nitrogens is 1. The lowest BCUT2D eigenvalue weighted by Gasteiger charge is -2.15. The van der Waals surface area contributed by atoms with Gasteiger partial charge in [-0.3, -0.25) is 4.79 Å². The molecule has 0 saturated carbocycles. The second-order valence-electron chi connectivity index (χ2n) is 4.20. The Morgan fingerprint density at radius 1 is 1.47 bits per heavy atom. The van der Waals surface area contributed by atoms with E-state index in [9.17, 15) is 13.2 Å². The normalized spacial score (nSPS) is 21.9. The summed E-state index contributed by atoms with van der Waals surface area (Å²) >= 11 is 0. The molecule has 0 spiro atoms. The highest BCUT2D eigenvalue weighted by Crippen LogP contribution is 2.17. The van der Waals surface area contributed by atoms with Gasteiger partial charge in [-0.25, -0.2) is 8.42 Å². The van der Waals surface area contributed by atoms with Gasteiger partial charge in [0.05, 0.1) is 0 Å². The number of sulfonamides is 1. The molecule has 1 aromatic rings. The lowest BCUT2D eigenvalue weighted by molar-refractivity contribution is 0.470. The van der Waals surface area contributed by atoms with E-state index in [0.717, 1.165) is 0 Å². The van der Waals surface area contributed by atoms with E-state index in [1.165, 1.54) is 28.2 Å². The molecule has 94 valence electrons. The highest BCUT2D eigenvalue weighted by Gasteiger charge is 2.32. The predicted octanol–water partition coefficient (Wildman–Crippen LogP) is -0.893. The van der Waals surface area contributed by atoms with Gasteiger partial charge in [-0.1, -0.05) is 0 Å². The first-order valence-electron chi connectivity index (χ1n) is 5.34. The van der Waals surface area contributed by atoms with E-state index in [4.69, 9.17) is 5.73 Å². The molecule has 6 nitrogen and oxygen atoms in total. The average molecular weight is 257 g/mol. The molecule has 1 fully saturated rings. The maximum Gasteiger partial charge on any atom is 0.270 e. The Bertz CT molecular complexity index is 579. The maximum atomic E-state index is 12.2. The van der Waals surface area contributed by atoms with Crippen LogP contribution in [0.25, 0.3) is 0 Å². The number of pyridine rings is 1. The summed E-state index contributed by atoms with van der Waals surface area (Å²) in [5, 5.41) is 0. The molecular formula is C10H15N3O3S. The van der Waals surface area contributed by atoms with Crippen molar-refractivity contribution in [2.75, 3.05) is 13.1 Å². The molecule has 2 heterocycles. The third-order valence-corrected chi connectivity index (χ3v) is 4.77. The van der Waals surface area contributed by atoms with Gasteiger partial charge in [0.15, 0.2) is 0 Å². The number of nitrogens with zero attached hydrogens (tertiary/aromatic N) is 2. The third kappa shape index (κ3) is 2.13. The topological polar surface area (TPSA) is 85.4 Å². The zero-order valence-electron chi connectivity index (χ0n) is 9.54. The average Bonchev–Trinajstić information content (AvgIpc) is 2.69. The molecule has 2 rings (SSSR count). The number of aryl methyl sites for hydroxylation is 1. The van der Waals surface area contributed by atoms with Crippen LogP contribution in [-0.4, -0.2) is 36.4 Å². The lowest BCUT2D eigenvalue weighted by Crippen LogP contribution is -2.36. The van der Waals surface area contributed by atoms with Crippen LogP contribution in [0, 0.1) is 0 Å². The molecule has 17 heavy (non-hydrogen) atoms. The Morgan fingerprint density at radius 2 is 2.18 bits per heavy atom. The van der Waals surface area contributed by atoms with Crippen molar-refractivity contribution < 1.29 is 8.42 Å². The summed E-state index contributed by atoms with van der Waals surface area (Å²) in [5.74, 6) is 0. The molecule has 0 bridgehead atoms. The van der Waals surface area contributed by atoms with Crippen molar-refractivity contribution in [1.82, 2.24) is 8.87 Å². The molecule has 1 unspecified atom stereocenters. The van der Waals surface area contributed by atoms with Crippen molar-refractivity contribution in [2.45, 2.75) is 17.4 Å². The van der Waals surface area contributed by atoms with Crippen molar-refractivity contribution in [2.24, 2.45) is 12.8 Å². The summed E-state index contributed by atoms with van der Waals surface area (Å²) in [7, 11) is -2.18. The standard InChI is InChI=1S/C10H15N3O3S/c1-12-5-2-3-9(10(12)14)17(15,16)13-6-4-8(11)7-13/h2-3,5,8H,4,6-7,11H2,1H3. The molecule has 1 aliphatic heterocycles. The minimum Gasteiger partial charge on any atom is -0.326 e. The minimum absolute atomic E-state index is 0.141. The van der Waals surface area contributed by atoms with E-state index in [0.29, 0.717) is 13.0 Å². The van der Waals surface area contributed by atoms with Crippen LogP contribution < -0.4 is 11.3 Å². The molecule has 1 saturated heterocycles. The zero-order chi connectivity index (χ0) is 12.6. The van der Waals surface area contributed by atoms with Crippen LogP contribution in [0.5, 0.6) is 0 Å². The fourth-order valence-corrected chi connectivity index (χ4v) is 3.51. The third-order valence-electron chi connectivity index (χ3n) is 2.89. The molecule has 0 radical (unpaired) electrons. The quantitative estimate of drug-likeness (QED) is 0.744. The van der Waals surface area contributed by atoms with Gasteiger partial charge in [0.1, 0.15) is 4.90 Å². The van der Waals surface area contributed by atoms with Crippen LogP contribution in [0.4, 0.5) is 0 Å². The van der Waals surface area contributed by atoms with Crippen molar-refractivity contribution >= 4 is 10.0 Å². The number of nitrogens with two attached hydrogens (primary N) is 1. The molecule has 1 aliphatic rings. The van der Waals surface area contributed by atoms with Crippen molar-refractivity contribution in [3.05, 3.63) is 28.7 Å². The molecule has 0 aromatic carbocycles. The number of hydrogen-bond acceptors (Lipinski definition) is 4. The Balaban J connectivity index is 2.46. The van der Waals surface area contributed by atoms with Gasteiger partial charge >= 0.3 is 0 Å². The Hall–Kier alpha value is -1.18. The summed E-state index contributed by atoms with van der Waals surface area (Å²) < 4.78 is 26.9. The second-order valence-corrected chi connectivity index (χ2v) is 6.11. The van der Waals surface area contributed by atoms with Crippen molar-refractivity contribution in [1.29, 1.82) is 0 Å². The van der Waals surface area contributed by atoms with E-state index < -0.39 is 15.6 Å². The molecule has 1 atom stereocenters. The van der Waals surface area contributed by atoms with Gasteiger partial charge < -0.3 is 10.3 Å². The molecular weight excluding hydrogens is 242 g/mol.